The molecule has 6 nitrogen and oxygen atoms in total. The van der Waals surface area contributed by atoms with E-state index < -0.39 is 23.3 Å². The molecule has 1 saturated heterocycles. The average molecular weight is 513 g/mol. The van der Waals surface area contributed by atoms with Crippen LogP contribution in [0.4, 0.5) is 0 Å². The largest absolute Gasteiger partial charge is 0.477 e. The van der Waals surface area contributed by atoms with Gasteiger partial charge in [-0.05, 0) is 22.3 Å². The highest BCUT2D eigenvalue weighted by Crippen LogP contribution is 2.40. The van der Waals surface area contributed by atoms with Crippen molar-refractivity contribution in [1.82, 2.24) is 10.2 Å². The molecule has 8 heteroatoms. The van der Waals surface area contributed by atoms with E-state index in [0.717, 1.165) is 22.0 Å². The summed E-state index contributed by atoms with van der Waals surface area (Å²) >= 11 is 4.87. The second kappa shape index (κ2) is 9.75. The number of carbonyl (C=O) groups excluding carboxylic acids is 2. The van der Waals surface area contributed by atoms with E-state index in [-0.39, 0.29) is 18.0 Å². The number of carboxylic acid groups (broad SMARTS) is 1. The van der Waals surface area contributed by atoms with Gasteiger partial charge in [-0.25, -0.2) is 4.79 Å². The molecule has 2 aliphatic heterocycles. The van der Waals surface area contributed by atoms with Crippen LogP contribution in [0.2, 0.25) is 0 Å². The second-order valence-corrected chi connectivity index (χ2v) is 9.17. The molecule has 32 heavy (non-hydrogen) atoms. The van der Waals surface area contributed by atoms with Crippen LogP contribution in [0.3, 0.4) is 0 Å². The first-order valence-corrected chi connectivity index (χ1v) is 12.2. The van der Waals surface area contributed by atoms with E-state index in [1.165, 1.54) is 16.7 Å². The molecule has 2 unspecified atom stereocenters. The highest BCUT2D eigenvalue weighted by molar-refractivity contribution is 9.08. The maximum Gasteiger partial charge on any atom is 0.352 e. The highest BCUT2D eigenvalue weighted by Gasteiger charge is 2.53. The fraction of sp³-hybridized carbons (Fsp3) is 0.208. The van der Waals surface area contributed by atoms with E-state index >= 15 is 0 Å². The van der Waals surface area contributed by atoms with Crippen molar-refractivity contribution >= 4 is 51.6 Å². The van der Waals surface area contributed by atoms with Crippen molar-refractivity contribution < 1.29 is 19.5 Å². The lowest BCUT2D eigenvalue weighted by molar-refractivity contribution is -0.150. The Bertz CT molecular complexity index is 1100. The Morgan fingerprint density at radius 3 is 2.47 bits per heavy atom. The number of nitrogens with zero attached hydrogens (tertiary/aromatic N) is 1. The van der Waals surface area contributed by atoms with E-state index in [1.54, 1.807) is 6.08 Å². The minimum Gasteiger partial charge on any atom is -0.477 e. The summed E-state index contributed by atoms with van der Waals surface area (Å²) in [6.45, 7) is 0. The van der Waals surface area contributed by atoms with E-state index in [2.05, 4.69) is 21.2 Å². The zero-order valence-electron chi connectivity index (χ0n) is 17.0. The molecule has 2 amide bonds. The summed E-state index contributed by atoms with van der Waals surface area (Å²) < 4.78 is 0. The molecule has 0 aromatic heterocycles. The molecule has 0 aliphatic carbocycles. The third-order valence-corrected chi connectivity index (χ3v) is 7.29. The van der Waals surface area contributed by atoms with Crippen molar-refractivity contribution in [2.75, 3.05) is 5.75 Å². The van der Waals surface area contributed by atoms with Crippen molar-refractivity contribution in [3.05, 3.63) is 88.6 Å². The number of hydrogen-bond acceptors (Lipinski definition) is 4. The summed E-state index contributed by atoms with van der Waals surface area (Å²) in [6, 6.07) is 16.5. The molecular weight excluding hydrogens is 492 g/mol. The van der Waals surface area contributed by atoms with Gasteiger partial charge in [0.2, 0.25) is 5.91 Å². The van der Waals surface area contributed by atoms with Gasteiger partial charge < -0.3 is 10.4 Å². The SMILES string of the molecule is O=C(Cc1ccccc1)NC1C(=O)N2C(C(=O)O)=C(/C=C/c3ccc(CBr)cc3)CSC12. The molecule has 2 aromatic rings. The van der Waals surface area contributed by atoms with Gasteiger partial charge in [0.1, 0.15) is 17.1 Å². The van der Waals surface area contributed by atoms with Crippen molar-refractivity contribution in [1.29, 1.82) is 0 Å². The van der Waals surface area contributed by atoms with Crippen LogP contribution < -0.4 is 5.32 Å². The topological polar surface area (TPSA) is 86.7 Å². The molecule has 4 rings (SSSR count). The van der Waals surface area contributed by atoms with Gasteiger partial charge in [0.15, 0.2) is 0 Å². The molecule has 2 aromatic carbocycles. The third-order valence-electron chi connectivity index (χ3n) is 5.34. The molecule has 164 valence electrons. The zero-order chi connectivity index (χ0) is 22.7. The van der Waals surface area contributed by atoms with Crippen LogP contribution in [-0.4, -0.2) is 45.0 Å². The molecule has 2 N–H and O–H groups in total. The molecule has 0 radical (unpaired) electrons. The van der Waals surface area contributed by atoms with E-state index in [4.69, 9.17) is 0 Å². The monoisotopic (exact) mass is 512 g/mol. The fourth-order valence-electron chi connectivity index (χ4n) is 3.69. The molecule has 0 saturated carbocycles. The van der Waals surface area contributed by atoms with Crippen LogP contribution in [0.15, 0.2) is 71.9 Å². The Morgan fingerprint density at radius 2 is 1.81 bits per heavy atom. The number of thioether (sulfide) groups is 1. The third kappa shape index (κ3) is 4.66. The van der Waals surface area contributed by atoms with Crippen LogP contribution in [0.5, 0.6) is 0 Å². The van der Waals surface area contributed by atoms with Crippen LogP contribution in [0.1, 0.15) is 16.7 Å². The zero-order valence-corrected chi connectivity index (χ0v) is 19.4. The standard InChI is InChI=1S/C24H21BrN2O4S/c25-13-17-8-6-15(7-9-17)10-11-18-14-32-23-20(22(29)27(23)21(18)24(30)31)26-19(28)12-16-4-2-1-3-5-16/h1-11,20,23H,12-14H2,(H,26,28)(H,30,31)/b11-10+. The first-order chi connectivity index (χ1) is 15.5. The maximum absolute atomic E-state index is 12.8. The minimum atomic E-state index is -1.15. The van der Waals surface area contributed by atoms with Gasteiger partial charge in [-0.15, -0.1) is 11.8 Å². The molecule has 0 bridgehead atoms. The number of nitrogens with one attached hydrogen (secondary N) is 1. The number of benzene rings is 2. The first-order valence-electron chi connectivity index (χ1n) is 10.1. The summed E-state index contributed by atoms with van der Waals surface area (Å²) in [4.78, 5) is 38.4. The first kappa shape index (κ1) is 22.4. The number of halogens is 1. The number of hydrogen-bond donors (Lipinski definition) is 2. The summed E-state index contributed by atoms with van der Waals surface area (Å²) in [7, 11) is 0. The number of fused-ring (bicyclic) bond motifs is 1. The minimum absolute atomic E-state index is 0.0133. The molecule has 2 aliphatic rings. The molecular formula is C24H21BrN2O4S. The fourth-order valence-corrected chi connectivity index (χ4v) is 5.38. The lowest BCUT2D eigenvalue weighted by Gasteiger charge is -2.49. The van der Waals surface area contributed by atoms with Gasteiger partial charge in [0, 0.05) is 11.1 Å². The average Bonchev–Trinajstić information content (AvgIpc) is 2.81. The van der Waals surface area contributed by atoms with E-state index in [0.29, 0.717) is 11.3 Å². The lowest BCUT2D eigenvalue weighted by atomic mass is 10.0. The van der Waals surface area contributed by atoms with E-state index in [9.17, 15) is 19.5 Å². The van der Waals surface area contributed by atoms with Gasteiger partial charge in [-0.3, -0.25) is 14.5 Å². The quantitative estimate of drug-likeness (QED) is 0.437. The number of carbonyl (C=O) groups is 3. The molecule has 1 fully saturated rings. The van der Waals surface area contributed by atoms with Crippen LogP contribution >= 0.6 is 27.7 Å². The summed E-state index contributed by atoms with van der Waals surface area (Å²) in [5.74, 6) is -1.36. The number of carboxylic acids is 1. The van der Waals surface area contributed by atoms with E-state index in [1.807, 2.05) is 60.7 Å². The van der Waals surface area contributed by atoms with Gasteiger partial charge in [0.05, 0.1) is 6.42 Å². The normalized spacial score (nSPS) is 20.2. The lowest BCUT2D eigenvalue weighted by Crippen LogP contribution is -2.70. The number of aliphatic carboxylic acids is 1. The molecule has 2 atom stereocenters. The predicted octanol–water partition coefficient (Wildman–Crippen LogP) is 3.58. The van der Waals surface area contributed by atoms with Crippen molar-refractivity contribution in [2.24, 2.45) is 0 Å². The van der Waals surface area contributed by atoms with Gasteiger partial charge in [0.25, 0.3) is 5.91 Å². The Morgan fingerprint density at radius 1 is 1.09 bits per heavy atom. The second-order valence-electron chi connectivity index (χ2n) is 7.50. The van der Waals surface area contributed by atoms with Gasteiger partial charge >= 0.3 is 5.97 Å². The Balaban J connectivity index is 1.47. The van der Waals surface area contributed by atoms with Crippen molar-refractivity contribution in [3.63, 3.8) is 0 Å². The number of alkyl halides is 1. The van der Waals surface area contributed by atoms with Crippen molar-refractivity contribution in [3.8, 4) is 0 Å². The number of β-lactam (4-membered cyclic amide) rings is 1. The summed E-state index contributed by atoms with van der Waals surface area (Å²) in [5.41, 5.74) is 3.51. The Kier molecular flexibility index (Phi) is 6.81. The number of amides is 2. The van der Waals surface area contributed by atoms with Crippen molar-refractivity contribution in [2.45, 2.75) is 23.2 Å². The Labute approximate surface area is 198 Å². The maximum atomic E-state index is 12.8. The highest BCUT2D eigenvalue weighted by atomic mass is 79.9. The number of allylic oxidation sites excluding steroid dienone is 1. The van der Waals surface area contributed by atoms with Gasteiger partial charge in [-0.1, -0.05) is 82.7 Å². The molecule has 2 heterocycles. The summed E-state index contributed by atoms with van der Waals surface area (Å²) in [5, 5.41) is 12.9. The Hall–Kier alpha value is -2.84. The summed E-state index contributed by atoms with van der Waals surface area (Å²) in [6.07, 6.45) is 3.77. The van der Waals surface area contributed by atoms with Crippen LogP contribution in [-0.2, 0) is 26.1 Å². The number of rotatable bonds is 7. The van der Waals surface area contributed by atoms with Crippen LogP contribution in [0.25, 0.3) is 6.08 Å². The predicted molar refractivity (Wildman–Crippen MR) is 128 cm³/mol. The molecule has 0 spiro atoms. The smallest absolute Gasteiger partial charge is 0.352 e. The van der Waals surface area contributed by atoms with Gasteiger partial charge in [-0.2, -0.15) is 0 Å². The van der Waals surface area contributed by atoms with Crippen LogP contribution in [0, 0.1) is 0 Å².